The van der Waals surface area contributed by atoms with Gasteiger partial charge in [0.1, 0.15) is 6.33 Å². The van der Waals surface area contributed by atoms with Crippen LogP contribution >= 0.6 is 0 Å². The molecule has 1 atom stereocenters. The predicted octanol–water partition coefficient (Wildman–Crippen LogP) is 2.60. The van der Waals surface area contributed by atoms with Crippen molar-refractivity contribution in [1.82, 2.24) is 15.0 Å². The number of anilines is 3. The van der Waals surface area contributed by atoms with Gasteiger partial charge in [-0.15, -0.1) is 0 Å². The van der Waals surface area contributed by atoms with Crippen molar-refractivity contribution < 1.29 is 0 Å². The summed E-state index contributed by atoms with van der Waals surface area (Å²) in [5, 5.41) is 3.19. The average molecular weight is 255 g/mol. The maximum Gasteiger partial charge on any atom is 0.231 e. The first kappa shape index (κ1) is 11.9. The van der Waals surface area contributed by atoms with Crippen LogP contribution in [-0.4, -0.2) is 27.5 Å². The Balaban J connectivity index is 1.80. The molecular formula is C14H17N5. The maximum atomic E-state index is 4.49. The van der Waals surface area contributed by atoms with Crippen molar-refractivity contribution in [3.8, 4) is 0 Å². The lowest BCUT2D eigenvalue weighted by Crippen LogP contribution is -2.28. The number of para-hydroxylation sites is 1. The normalized spacial score (nSPS) is 18.6. The fourth-order valence-electron chi connectivity index (χ4n) is 2.37. The van der Waals surface area contributed by atoms with E-state index in [1.165, 1.54) is 12.8 Å². The van der Waals surface area contributed by atoms with Gasteiger partial charge in [0, 0.05) is 18.3 Å². The van der Waals surface area contributed by atoms with Crippen LogP contribution in [0.4, 0.5) is 17.6 Å². The number of nitrogens with zero attached hydrogens (tertiary/aromatic N) is 4. The molecule has 1 fully saturated rings. The van der Waals surface area contributed by atoms with Gasteiger partial charge in [-0.2, -0.15) is 4.98 Å². The number of hydrogen-bond acceptors (Lipinski definition) is 5. The van der Waals surface area contributed by atoms with Crippen molar-refractivity contribution in [1.29, 1.82) is 0 Å². The van der Waals surface area contributed by atoms with Crippen molar-refractivity contribution in [3.63, 3.8) is 0 Å². The molecule has 3 rings (SSSR count). The molecule has 2 aromatic rings. The lowest BCUT2D eigenvalue weighted by atomic mass is 10.2. The fourth-order valence-corrected chi connectivity index (χ4v) is 2.37. The number of benzene rings is 1. The maximum absolute atomic E-state index is 4.49. The highest BCUT2D eigenvalue weighted by atomic mass is 15.3. The van der Waals surface area contributed by atoms with Gasteiger partial charge in [0.15, 0.2) is 0 Å². The summed E-state index contributed by atoms with van der Waals surface area (Å²) < 4.78 is 0. The molecular weight excluding hydrogens is 238 g/mol. The minimum absolute atomic E-state index is 0.506. The smallest absolute Gasteiger partial charge is 0.231 e. The van der Waals surface area contributed by atoms with Gasteiger partial charge >= 0.3 is 0 Å². The second-order valence-corrected chi connectivity index (χ2v) is 4.78. The Hall–Kier alpha value is -2.17. The molecule has 1 saturated heterocycles. The van der Waals surface area contributed by atoms with Gasteiger partial charge in [0.05, 0.1) is 0 Å². The van der Waals surface area contributed by atoms with E-state index < -0.39 is 0 Å². The molecule has 19 heavy (non-hydrogen) atoms. The Kier molecular flexibility index (Phi) is 3.27. The Morgan fingerprint density at radius 2 is 2.05 bits per heavy atom. The topological polar surface area (TPSA) is 53.9 Å². The molecule has 0 unspecified atom stereocenters. The Labute approximate surface area is 112 Å². The summed E-state index contributed by atoms with van der Waals surface area (Å²) in [5.41, 5.74) is 0.981. The molecule has 5 heteroatoms. The van der Waals surface area contributed by atoms with Crippen LogP contribution in [-0.2, 0) is 0 Å². The van der Waals surface area contributed by atoms with Gasteiger partial charge in [0.25, 0.3) is 0 Å². The van der Waals surface area contributed by atoms with Gasteiger partial charge < -0.3 is 10.2 Å². The molecule has 0 radical (unpaired) electrons. The molecule has 1 aliphatic rings. The third-order valence-electron chi connectivity index (χ3n) is 3.40. The molecule has 1 N–H and O–H groups in total. The minimum Gasteiger partial charge on any atom is -0.338 e. The van der Waals surface area contributed by atoms with Crippen molar-refractivity contribution in [3.05, 3.63) is 36.7 Å². The number of aromatic nitrogens is 3. The molecule has 98 valence electrons. The molecule has 1 aromatic heterocycles. The van der Waals surface area contributed by atoms with Crippen LogP contribution < -0.4 is 10.2 Å². The molecule has 0 bridgehead atoms. The lowest BCUT2D eigenvalue weighted by Gasteiger charge is -2.21. The predicted molar refractivity (Wildman–Crippen MR) is 75.6 cm³/mol. The molecule has 2 heterocycles. The lowest BCUT2D eigenvalue weighted by molar-refractivity contribution is 0.715. The van der Waals surface area contributed by atoms with E-state index in [1.807, 2.05) is 30.3 Å². The average Bonchev–Trinajstić information content (AvgIpc) is 2.86. The monoisotopic (exact) mass is 255 g/mol. The van der Waals surface area contributed by atoms with E-state index in [2.05, 4.69) is 32.1 Å². The standard InChI is InChI=1S/C14H17N5/c1-11-6-5-9-19(11)14-16-10-15-13(18-14)17-12-7-3-2-4-8-12/h2-4,7-8,10-11H,5-6,9H2,1H3,(H,15,16,17,18)/t11-/m0/s1. The summed E-state index contributed by atoms with van der Waals surface area (Å²) in [6.45, 7) is 3.23. The highest BCUT2D eigenvalue weighted by Gasteiger charge is 2.22. The van der Waals surface area contributed by atoms with Crippen molar-refractivity contribution in [2.45, 2.75) is 25.8 Å². The number of nitrogens with one attached hydrogen (secondary N) is 1. The number of rotatable bonds is 3. The van der Waals surface area contributed by atoms with Crippen LogP contribution in [0.15, 0.2) is 36.7 Å². The van der Waals surface area contributed by atoms with E-state index >= 15 is 0 Å². The van der Waals surface area contributed by atoms with Gasteiger partial charge in [-0.3, -0.25) is 0 Å². The summed E-state index contributed by atoms with van der Waals surface area (Å²) in [5.74, 6) is 1.36. The van der Waals surface area contributed by atoms with Crippen LogP contribution in [0.3, 0.4) is 0 Å². The van der Waals surface area contributed by atoms with Crippen LogP contribution in [0.2, 0.25) is 0 Å². The second kappa shape index (κ2) is 5.22. The first-order chi connectivity index (χ1) is 9.33. The van der Waals surface area contributed by atoms with Crippen LogP contribution in [0.1, 0.15) is 19.8 Å². The summed E-state index contributed by atoms with van der Waals surface area (Å²) in [6.07, 6.45) is 3.97. The van der Waals surface area contributed by atoms with E-state index in [0.29, 0.717) is 12.0 Å². The third-order valence-corrected chi connectivity index (χ3v) is 3.40. The van der Waals surface area contributed by atoms with Crippen LogP contribution in [0, 0.1) is 0 Å². The van der Waals surface area contributed by atoms with Gasteiger partial charge in [-0.1, -0.05) is 18.2 Å². The van der Waals surface area contributed by atoms with E-state index in [4.69, 9.17) is 0 Å². The van der Waals surface area contributed by atoms with Gasteiger partial charge in [-0.25, -0.2) is 9.97 Å². The van der Waals surface area contributed by atoms with E-state index in [9.17, 15) is 0 Å². The number of hydrogen-bond donors (Lipinski definition) is 1. The summed E-state index contributed by atoms with van der Waals surface area (Å²) in [7, 11) is 0. The van der Waals surface area contributed by atoms with E-state index in [-0.39, 0.29) is 0 Å². The molecule has 5 nitrogen and oxygen atoms in total. The van der Waals surface area contributed by atoms with Gasteiger partial charge in [-0.05, 0) is 31.9 Å². The highest BCUT2D eigenvalue weighted by molar-refractivity contribution is 5.53. The largest absolute Gasteiger partial charge is 0.338 e. The zero-order chi connectivity index (χ0) is 13.1. The van der Waals surface area contributed by atoms with Crippen molar-refractivity contribution in [2.75, 3.05) is 16.8 Å². The highest BCUT2D eigenvalue weighted by Crippen LogP contribution is 2.22. The second-order valence-electron chi connectivity index (χ2n) is 4.78. The van der Waals surface area contributed by atoms with Crippen LogP contribution in [0.5, 0.6) is 0 Å². The molecule has 0 amide bonds. The fraction of sp³-hybridized carbons (Fsp3) is 0.357. The van der Waals surface area contributed by atoms with Crippen LogP contribution in [0.25, 0.3) is 0 Å². The molecule has 1 aromatic carbocycles. The first-order valence-corrected chi connectivity index (χ1v) is 6.61. The minimum atomic E-state index is 0.506. The summed E-state index contributed by atoms with van der Waals surface area (Å²) >= 11 is 0. The SMILES string of the molecule is C[C@H]1CCCN1c1ncnc(Nc2ccccc2)n1. The first-order valence-electron chi connectivity index (χ1n) is 6.61. The molecule has 0 aliphatic carbocycles. The summed E-state index contributed by atoms with van der Waals surface area (Å²) in [6, 6.07) is 10.4. The van der Waals surface area contributed by atoms with Gasteiger partial charge in [0.2, 0.25) is 11.9 Å². The zero-order valence-electron chi connectivity index (χ0n) is 11.0. The quantitative estimate of drug-likeness (QED) is 0.913. The third kappa shape index (κ3) is 2.65. The van der Waals surface area contributed by atoms with Crippen molar-refractivity contribution >= 4 is 17.6 Å². The molecule has 1 aliphatic heterocycles. The molecule has 0 spiro atoms. The van der Waals surface area contributed by atoms with E-state index in [1.54, 1.807) is 6.33 Å². The van der Waals surface area contributed by atoms with E-state index in [0.717, 1.165) is 18.2 Å². The summed E-state index contributed by atoms with van der Waals surface area (Å²) in [4.78, 5) is 15.2. The Bertz CT molecular complexity index is 543. The Morgan fingerprint density at radius 1 is 1.21 bits per heavy atom. The zero-order valence-corrected chi connectivity index (χ0v) is 11.0. The Morgan fingerprint density at radius 3 is 2.79 bits per heavy atom. The molecule has 0 saturated carbocycles. The van der Waals surface area contributed by atoms with Crippen molar-refractivity contribution in [2.24, 2.45) is 0 Å².